The summed E-state index contributed by atoms with van der Waals surface area (Å²) in [6, 6.07) is 0.813. The van der Waals surface area contributed by atoms with Crippen molar-refractivity contribution in [3.05, 3.63) is 11.7 Å². The van der Waals surface area contributed by atoms with Crippen molar-refractivity contribution in [2.45, 2.75) is 77.4 Å². The van der Waals surface area contributed by atoms with Crippen molar-refractivity contribution in [3.8, 4) is 0 Å². The van der Waals surface area contributed by atoms with Crippen LogP contribution in [0.25, 0.3) is 0 Å². The van der Waals surface area contributed by atoms with Crippen molar-refractivity contribution < 1.29 is 9.32 Å². The van der Waals surface area contributed by atoms with Crippen LogP contribution < -0.4 is 0 Å². The molecule has 2 saturated heterocycles. The van der Waals surface area contributed by atoms with Crippen LogP contribution in [0.15, 0.2) is 4.52 Å². The Labute approximate surface area is 138 Å². The lowest BCUT2D eigenvalue weighted by Gasteiger charge is -2.34. The maximum atomic E-state index is 12.2. The Hall–Kier alpha value is -1.43. The fourth-order valence-corrected chi connectivity index (χ4v) is 4.04. The second-order valence-corrected chi connectivity index (χ2v) is 6.68. The first-order valence-corrected chi connectivity index (χ1v) is 9.08. The predicted molar refractivity (Wildman–Crippen MR) is 86.8 cm³/mol. The summed E-state index contributed by atoms with van der Waals surface area (Å²) in [4.78, 5) is 21.2. The Morgan fingerprint density at radius 1 is 1.22 bits per heavy atom. The first-order valence-electron chi connectivity index (χ1n) is 9.08. The molecule has 0 spiro atoms. The Morgan fingerprint density at radius 3 is 2.78 bits per heavy atom. The molecule has 6 heteroatoms. The average Bonchev–Trinajstić information content (AvgIpc) is 3.27. The molecule has 0 saturated carbocycles. The third kappa shape index (κ3) is 3.57. The number of carbonyl (C=O) groups is 1. The molecule has 0 aromatic carbocycles. The maximum Gasteiger partial charge on any atom is 0.226 e. The molecule has 23 heavy (non-hydrogen) atoms. The highest BCUT2D eigenvalue weighted by Crippen LogP contribution is 2.31. The van der Waals surface area contributed by atoms with Gasteiger partial charge in [0.15, 0.2) is 5.82 Å². The zero-order valence-electron chi connectivity index (χ0n) is 14.3. The van der Waals surface area contributed by atoms with Crippen LogP contribution in [0.4, 0.5) is 0 Å². The zero-order valence-corrected chi connectivity index (χ0v) is 14.3. The summed E-state index contributed by atoms with van der Waals surface area (Å²) >= 11 is 0. The minimum Gasteiger partial charge on any atom is -0.339 e. The molecule has 0 N–H and O–H groups in total. The van der Waals surface area contributed by atoms with Crippen LogP contribution in [0.2, 0.25) is 0 Å². The highest BCUT2D eigenvalue weighted by molar-refractivity contribution is 5.76. The quantitative estimate of drug-likeness (QED) is 0.805. The number of hydrogen-bond donors (Lipinski definition) is 0. The fourth-order valence-electron chi connectivity index (χ4n) is 4.04. The van der Waals surface area contributed by atoms with Crippen LogP contribution in [0.5, 0.6) is 0 Å². The number of aryl methyl sites for hydroxylation is 1. The average molecular weight is 320 g/mol. The van der Waals surface area contributed by atoms with Gasteiger partial charge in [-0.2, -0.15) is 4.98 Å². The number of hydrogen-bond acceptors (Lipinski definition) is 5. The van der Waals surface area contributed by atoms with Crippen LogP contribution >= 0.6 is 0 Å². The molecule has 2 atom stereocenters. The van der Waals surface area contributed by atoms with Gasteiger partial charge in [-0.25, -0.2) is 0 Å². The predicted octanol–water partition coefficient (Wildman–Crippen LogP) is 2.39. The van der Waals surface area contributed by atoms with Gasteiger partial charge < -0.3 is 9.42 Å². The molecule has 2 aliphatic heterocycles. The molecule has 6 nitrogen and oxygen atoms in total. The monoisotopic (exact) mass is 320 g/mol. The van der Waals surface area contributed by atoms with Gasteiger partial charge in [-0.15, -0.1) is 0 Å². The molecule has 2 fully saturated rings. The summed E-state index contributed by atoms with van der Waals surface area (Å²) in [6.45, 7) is 6.79. The normalized spacial score (nSPS) is 25.4. The van der Waals surface area contributed by atoms with Crippen molar-refractivity contribution in [2.75, 3.05) is 13.1 Å². The van der Waals surface area contributed by atoms with Crippen LogP contribution in [0.3, 0.4) is 0 Å². The van der Waals surface area contributed by atoms with Gasteiger partial charge in [0.2, 0.25) is 11.8 Å². The van der Waals surface area contributed by atoms with Gasteiger partial charge >= 0.3 is 0 Å². The molecule has 128 valence electrons. The molecule has 0 aliphatic carbocycles. The Morgan fingerprint density at radius 2 is 2.00 bits per heavy atom. The molecule has 0 radical (unpaired) electrons. The van der Waals surface area contributed by atoms with Crippen molar-refractivity contribution in [1.29, 1.82) is 0 Å². The number of rotatable bonds is 6. The first kappa shape index (κ1) is 16.4. The lowest BCUT2D eigenvalue weighted by molar-refractivity contribution is -0.132. The molecule has 0 bridgehead atoms. The van der Waals surface area contributed by atoms with Gasteiger partial charge in [0.25, 0.3) is 0 Å². The van der Waals surface area contributed by atoms with E-state index in [1.807, 2.05) is 6.92 Å². The summed E-state index contributed by atoms with van der Waals surface area (Å²) in [5.74, 6) is 1.82. The van der Waals surface area contributed by atoms with Gasteiger partial charge in [-0.1, -0.05) is 19.0 Å². The Bertz CT molecular complexity index is 530. The maximum absolute atomic E-state index is 12.2. The number of carbonyl (C=O) groups excluding carboxylic acids is 1. The number of likely N-dealkylation sites (tertiary alicyclic amines) is 2. The lowest BCUT2D eigenvalue weighted by Crippen LogP contribution is -2.48. The lowest BCUT2D eigenvalue weighted by atomic mass is 10.0. The van der Waals surface area contributed by atoms with E-state index in [4.69, 9.17) is 4.52 Å². The van der Waals surface area contributed by atoms with Gasteiger partial charge in [-0.3, -0.25) is 9.69 Å². The Balaban J connectivity index is 1.66. The Kier molecular flexibility index (Phi) is 5.30. The van der Waals surface area contributed by atoms with Crippen molar-refractivity contribution in [3.63, 3.8) is 0 Å². The third-order valence-electron chi connectivity index (χ3n) is 5.10. The largest absolute Gasteiger partial charge is 0.339 e. The van der Waals surface area contributed by atoms with Gasteiger partial charge in [0.1, 0.15) is 0 Å². The standard InChI is InChI=1S/C17H28N4O2/c1-3-7-16-18-15(19-23-16)12-20-10-5-8-13(20)14-9-6-11-21(14)17(22)4-2/h13-14H,3-12H2,1-2H3/t13-,14-/m0/s1. The summed E-state index contributed by atoms with van der Waals surface area (Å²) in [6.07, 6.45) is 7.08. The number of nitrogens with zero attached hydrogens (tertiary/aromatic N) is 4. The van der Waals surface area contributed by atoms with E-state index in [1.165, 1.54) is 6.42 Å². The topological polar surface area (TPSA) is 62.5 Å². The summed E-state index contributed by atoms with van der Waals surface area (Å²) in [7, 11) is 0. The van der Waals surface area contributed by atoms with E-state index in [-0.39, 0.29) is 0 Å². The van der Waals surface area contributed by atoms with E-state index < -0.39 is 0 Å². The molecule has 1 aromatic heterocycles. The highest BCUT2D eigenvalue weighted by Gasteiger charge is 2.39. The van der Waals surface area contributed by atoms with E-state index in [0.717, 1.165) is 63.5 Å². The van der Waals surface area contributed by atoms with Gasteiger partial charge in [0, 0.05) is 31.5 Å². The van der Waals surface area contributed by atoms with Crippen molar-refractivity contribution >= 4 is 5.91 Å². The minimum absolute atomic E-state index is 0.296. The number of aromatic nitrogens is 2. The summed E-state index contributed by atoms with van der Waals surface area (Å²) < 4.78 is 5.30. The minimum atomic E-state index is 0.296. The fraction of sp³-hybridized carbons (Fsp3) is 0.824. The third-order valence-corrected chi connectivity index (χ3v) is 5.10. The summed E-state index contributed by atoms with van der Waals surface area (Å²) in [5.41, 5.74) is 0. The van der Waals surface area contributed by atoms with Crippen LogP contribution in [-0.4, -0.2) is 51.0 Å². The van der Waals surface area contributed by atoms with E-state index >= 15 is 0 Å². The molecule has 1 amide bonds. The SMILES string of the molecule is CCCc1nc(CN2CCC[C@H]2[C@@H]2CCCN2C(=O)CC)no1. The van der Waals surface area contributed by atoms with E-state index in [1.54, 1.807) is 0 Å². The number of amides is 1. The first-order chi connectivity index (χ1) is 11.2. The molecule has 3 rings (SSSR count). The second-order valence-electron chi connectivity index (χ2n) is 6.68. The van der Waals surface area contributed by atoms with Gasteiger partial charge in [-0.05, 0) is 38.6 Å². The van der Waals surface area contributed by atoms with Gasteiger partial charge in [0.05, 0.1) is 6.54 Å². The van der Waals surface area contributed by atoms with E-state index in [2.05, 4.69) is 26.9 Å². The van der Waals surface area contributed by atoms with Crippen LogP contribution in [-0.2, 0) is 17.8 Å². The van der Waals surface area contributed by atoms with Crippen molar-refractivity contribution in [1.82, 2.24) is 19.9 Å². The smallest absolute Gasteiger partial charge is 0.226 e. The second kappa shape index (κ2) is 7.43. The molecule has 2 aliphatic rings. The van der Waals surface area contributed by atoms with E-state index in [9.17, 15) is 4.79 Å². The molecular weight excluding hydrogens is 292 g/mol. The van der Waals surface area contributed by atoms with Crippen LogP contribution in [0, 0.1) is 0 Å². The molecule has 1 aromatic rings. The molecule has 0 unspecified atom stereocenters. The molecular formula is C17H28N4O2. The highest BCUT2D eigenvalue weighted by atomic mass is 16.5. The van der Waals surface area contributed by atoms with Crippen LogP contribution in [0.1, 0.15) is 64.1 Å². The summed E-state index contributed by atoms with van der Waals surface area (Å²) in [5, 5.41) is 4.12. The zero-order chi connectivity index (χ0) is 16.2. The van der Waals surface area contributed by atoms with Crippen molar-refractivity contribution in [2.24, 2.45) is 0 Å². The molecule has 3 heterocycles. The van der Waals surface area contributed by atoms with E-state index in [0.29, 0.717) is 24.4 Å².